The normalized spacial score (nSPS) is 10.2. The molecule has 0 unspecified atom stereocenters. The Kier molecular flexibility index (Phi) is 5.65. The minimum atomic E-state index is 0.176. The molecule has 0 radical (unpaired) electrons. The molecule has 100 valence electrons. The number of amides is 1. The summed E-state index contributed by atoms with van der Waals surface area (Å²) in [6, 6.07) is 8.11. The predicted molar refractivity (Wildman–Crippen MR) is 75.5 cm³/mol. The van der Waals surface area contributed by atoms with Crippen LogP contribution in [0.2, 0.25) is 0 Å². The quantitative estimate of drug-likeness (QED) is 0.830. The standard InChI is InChI=1S/C14H23N3O/c1-16(2)14(18)9-6-10-17(3)13-8-5-4-7-12(13)11-15/h4-5,7-8H,6,9-11,15H2,1-3H3. The van der Waals surface area contributed by atoms with E-state index in [0.29, 0.717) is 13.0 Å². The van der Waals surface area contributed by atoms with Crippen molar-refractivity contribution in [3.8, 4) is 0 Å². The summed E-state index contributed by atoms with van der Waals surface area (Å²) in [6.45, 7) is 1.40. The van der Waals surface area contributed by atoms with Crippen LogP contribution in [0.1, 0.15) is 18.4 Å². The molecular weight excluding hydrogens is 226 g/mol. The third-order valence-corrected chi connectivity index (χ3v) is 3.01. The van der Waals surface area contributed by atoms with E-state index in [0.717, 1.165) is 24.2 Å². The first-order valence-electron chi connectivity index (χ1n) is 6.25. The summed E-state index contributed by atoms with van der Waals surface area (Å²) in [5.41, 5.74) is 8.01. The highest BCUT2D eigenvalue weighted by Crippen LogP contribution is 2.18. The van der Waals surface area contributed by atoms with Crippen molar-refractivity contribution in [2.75, 3.05) is 32.6 Å². The van der Waals surface area contributed by atoms with Crippen LogP contribution < -0.4 is 10.6 Å². The van der Waals surface area contributed by atoms with Crippen molar-refractivity contribution in [1.82, 2.24) is 4.90 Å². The van der Waals surface area contributed by atoms with Gasteiger partial charge in [0, 0.05) is 46.3 Å². The van der Waals surface area contributed by atoms with Crippen molar-refractivity contribution < 1.29 is 4.79 Å². The molecule has 1 amide bonds. The SMILES string of the molecule is CN(C)C(=O)CCCN(C)c1ccccc1CN. The second-order valence-electron chi connectivity index (χ2n) is 4.65. The Hall–Kier alpha value is -1.55. The van der Waals surface area contributed by atoms with Crippen molar-refractivity contribution in [2.45, 2.75) is 19.4 Å². The van der Waals surface area contributed by atoms with Crippen LogP contribution in [-0.2, 0) is 11.3 Å². The number of carbonyl (C=O) groups is 1. The van der Waals surface area contributed by atoms with Crippen LogP contribution in [0.25, 0.3) is 0 Å². The van der Waals surface area contributed by atoms with Gasteiger partial charge in [0.2, 0.25) is 5.91 Å². The van der Waals surface area contributed by atoms with E-state index in [-0.39, 0.29) is 5.91 Å². The number of rotatable bonds is 6. The Morgan fingerprint density at radius 2 is 1.89 bits per heavy atom. The monoisotopic (exact) mass is 249 g/mol. The van der Waals surface area contributed by atoms with E-state index in [2.05, 4.69) is 11.0 Å². The molecule has 1 rings (SSSR count). The van der Waals surface area contributed by atoms with Gasteiger partial charge in [0.25, 0.3) is 0 Å². The molecule has 0 aliphatic rings. The molecule has 0 aromatic heterocycles. The zero-order valence-corrected chi connectivity index (χ0v) is 11.5. The fourth-order valence-electron chi connectivity index (χ4n) is 1.87. The van der Waals surface area contributed by atoms with Gasteiger partial charge in [0.15, 0.2) is 0 Å². The molecule has 0 spiro atoms. The molecule has 0 bridgehead atoms. The number of para-hydroxylation sites is 1. The number of anilines is 1. The molecule has 0 saturated carbocycles. The minimum Gasteiger partial charge on any atom is -0.374 e. The molecule has 0 saturated heterocycles. The van der Waals surface area contributed by atoms with E-state index in [1.165, 1.54) is 0 Å². The molecule has 0 heterocycles. The number of benzene rings is 1. The first-order valence-corrected chi connectivity index (χ1v) is 6.25. The minimum absolute atomic E-state index is 0.176. The zero-order chi connectivity index (χ0) is 13.5. The fourth-order valence-corrected chi connectivity index (χ4v) is 1.87. The molecule has 1 aromatic rings. The van der Waals surface area contributed by atoms with Gasteiger partial charge in [0.05, 0.1) is 0 Å². The van der Waals surface area contributed by atoms with Gasteiger partial charge in [-0.05, 0) is 18.1 Å². The van der Waals surface area contributed by atoms with Crippen molar-refractivity contribution in [1.29, 1.82) is 0 Å². The summed E-state index contributed by atoms with van der Waals surface area (Å²) >= 11 is 0. The second kappa shape index (κ2) is 7.01. The highest BCUT2D eigenvalue weighted by molar-refractivity contribution is 5.75. The van der Waals surface area contributed by atoms with Crippen LogP contribution in [0, 0.1) is 0 Å². The van der Waals surface area contributed by atoms with Gasteiger partial charge in [-0.15, -0.1) is 0 Å². The number of nitrogens with two attached hydrogens (primary N) is 1. The number of nitrogens with zero attached hydrogens (tertiary/aromatic N) is 2. The average Bonchev–Trinajstić information content (AvgIpc) is 2.38. The van der Waals surface area contributed by atoms with E-state index >= 15 is 0 Å². The van der Waals surface area contributed by atoms with Gasteiger partial charge in [-0.1, -0.05) is 18.2 Å². The first kappa shape index (κ1) is 14.5. The molecule has 0 aliphatic heterocycles. The van der Waals surface area contributed by atoms with E-state index in [9.17, 15) is 4.79 Å². The highest BCUT2D eigenvalue weighted by Gasteiger charge is 2.07. The van der Waals surface area contributed by atoms with Crippen LogP contribution >= 0.6 is 0 Å². The van der Waals surface area contributed by atoms with Crippen LogP contribution in [0.3, 0.4) is 0 Å². The lowest BCUT2D eigenvalue weighted by Gasteiger charge is -2.22. The van der Waals surface area contributed by atoms with Crippen LogP contribution in [0.15, 0.2) is 24.3 Å². The van der Waals surface area contributed by atoms with Crippen molar-refractivity contribution in [2.24, 2.45) is 5.73 Å². The Labute approximate surface area is 109 Å². The highest BCUT2D eigenvalue weighted by atomic mass is 16.2. The molecule has 4 nitrogen and oxygen atoms in total. The molecular formula is C14H23N3O. The maximum absolute atomic E-state index is 11.5. The topological polar surface area (TPSA) is 49.6 Å². The van der Waals surface area contributed by atoms with Crippen LogP contribution in [0.4, 0.5) is 5.69 Å². The number of hydrogen-bond donors (Lipinski definition) is 1. The molecule has 0 atom stereocenters. The Morgan fingerprint density at radius 1 is 1.22 bits per heavy atom. The predicted octanol–water partition coefficient (Wildman–Crippen LogP) is 1.45. The van der Waals surface area contributed by atoms with Crippen molar-refractivity contribution >= 4 is 11.6 Å². The smallest absolute Gasteiger partial charge is 0.222 e. The summed E-state index contributed by atoms with van der Waals surface area (Å²) in [7, 11) is 5.61. The second-order valence-corrected chi connectivity index (χ2v) is 4.65. The molecule has 1 aromatic carbocycles. The molecule has 4 heteroatoms. The molecule has 18 heavy (non-hydrogen) atoms. The maximum Gasteiger partial charge on any atom is 0.222 e. The summed E-state index contributed by atoms with van der Waals surface area (Å²) < 4.78 is 0. The molecule has 2 N–H and O–H groups in total. The summed E-state index contributed by atoms with van der Waals surface area (Å²) in [6.07, 6.45) is 1.44. The van der Waals surface area contributed by atoms with E-state index in [1.54, 1.807) is 19.0 Å². The Bertz CT molecular complexity index is 390. The van der Waals surface area contributed by atoms with Gasteiger partial charge in [0.1, 0.15) is 0 Å². The van der Waals surface area contributed by atoms with Crippen LogP contribution in [-0.4, -0.2) is 38.5 Å². The molecule has 0 aliphatic carbocycles. The van der Waals surface area contributed by atoms with Crippen molar-refractivity contribution in [3.63, 3.8) is 0 Å². The molecule has 0 fully saturated rings. The zero-order valence-electron chi connectivity index (χ0n) is 11.5. The number of hydrogen-bond acceptors (Lipinski definition) is 3. The van der Waals surface area contributed by atoms with E-state index in [4.69, 9.17) is 5.73 Å². The Morgan fingerprint density at radius 3 is 2.50 bits per heavy atom. The summed E-state index contributed by atoms with van der Waals surface area (Å²) in [5.74, 6) is 0.176. The Balaban J connectivity index is 2.50. The summed E-state index contributed by atoms with van der Waals surface area (Å²) in [4.78, 5) is 15.3. The van der Waals surface area contributed by atoms with Crippen LogP contribution in [0.5, 0.6) is 0 Å². The van der Waals surface area contributed by atoms with Gasteiger partial charge >= 0.3 is 0 Å². The number of carbonyl (C=O) groups excluding carboxylic acids is 1. The lowest BCUT2D eigenvalue weighted by Crippen LogP contribution is -2.25. The van der Waals surface area contributed by atoms with Gasteiger partial charge in [-0.2, -0.15) is 0 Å². The van der Waals surface area contributed by atoms with E-state index < -0.39 is 0 Å². The van der Waals surface area contributed by atoms with Gasteiger partial charge in [-0.3, -0.25) is 4.79 Å². The first-order chi connectivity index (χ1) is 8.56. The summed E-state index contributed by atoms with van der Waals surface area (Å²) in [5, 5.41) is 0. The largest absolute Gasteiger partial charge is 0.374 e. The lowest BCUT2D eigenvalue weighted by molar-refractivity contribution is -0.128. The fraction of sp³-hybridized carbons (Fsp3) is 0.500. The van der Waals surface area contributed by atoms with E-state index in [1.807, 2.05) is 25.2 Å². The maximum atomic E-state index is 11.5. The van der Waals surface area contributed by atoms with Gasteiger partial charge < -0.3 is 15.5 Å². The third kappa shape index (κ3) is 4.04. The third-order valence-electron chi connectivity index (χ3n) is 3.01. The average molecular weight is 249 g/mol. The van der Waals surface area contributed by atoms with Crippen molar-refractivity contribution in [3.05, 3.63) is 29.8 Å². The lowest BCUT2D eigenvalue weighted by atomic mass is 10.1. The van der Waals surface area contributed by atoms with Gasteiger partial charge in [-0.25, -0.2) is 0 Å².